The van der Waals surface area contributed by atoms with Gasteiger partial charge in [-0.2, -0.15) is 5.43 Å². The van der Waals surface area contributed by atoms with E-state index in [2.05, 4.69) is 10.7 Å². The van der Waals surface area contributed by atoms with Gasteiger partial charge in [0, 0.05) is 13.0 Å². The van der Waals surface area contributed by atoms with E-state index < -0.39 is 5.66 Å². The van der Waals surface area contributed by atoms with E-state index >= 15 is 0 Å². The van der Waals surface area contributed by atoms with E-state index in [1.165, 1.54) is 5.01 Å². The van der Waals surface area contributed by atoms with Crippen LogP contribution in [0.1, 0.15) is 12.0 Å². The molecule has 2 aliphatic rings. The zero-order valence-corrected chi connectivity index (χ0v) is 15.1. The fourth-order valence-electron chi connectivity index (χ4n) is 3.47. The van der Waals surface area contributed by atoms with Gasteiger partial charge in [0.15, 0.2) is 6.61 Å². The standard InChI is InChI=1S/C20H22N4O3/c1-15-6-5-9-17(12-15)27-13-18(25)23-11-10-20(14-23)21-19(26)24(22-20)16-7-3-2-4-8-16/h2-9,12,22H,10-11,13-14H2,1H3,(H,21,26)/t20-/m0/s1. The molecule has 0 aromatic heterocycles. The van der Waals surface area contributed by atoms with Crippen LogP contribution in [-0.2, 0) is 4.79 Å². The number of aryl methyl sites for hydroxylation is 1. The van der Waals surface area contributed by atoms with Gasteiger partial charge in [-0.25, -0.2) is 9.80 Å². The molecule has 0 aliphatic carbocycles. The highest BCUT2D eigenvalue weighted by Crippen LogP contribution is 2.26. The number of rotatable bonds is 4. The van der Waals surface area contributed by atoms with Gasteiger partial charge in [0.1, 0.15) is 11.4 Å². The SMILES string of the molecule is Cc1cccc(OCC(=O)N2CC[C@]3(C2)NC(=O)N(c2ccccc2)N3)c1. The lowest BCUT2D eigenvalue weighted by Gasteiger charge is -2.25. The van der Waals surface area contributed by atoms with Gasteiger partial charge in [-0.1, -0.05) is 30.3 Å². The Bertz CT molecular complexity index is 857. The number of anilines is 1. The van der Waals surface area contributed by atoms with Gasteiger partial charge in [-0.05, 0) is 36.8 Å². The zero-order valence-electron chi connectivity index (χ0n) is 15.1. The Morgan fingerprint density at radius 1 is 1.19 bits per heavy atom. The third-order valence-corrected chi connectivity index (χ3v) is 4.86. The van der Waals surface area contributed by atoms with Crippen LogP contribution in [0.5, 0.6) is 5.75 Å². The number of ether oxygens (including phenoxy) is 1. The Labute approximate surface area is 157 Å². The number of urea groups is 1. The van der Waals surface area contributed by atoms with Crippen LogP contribution < -0.4 is 20.5 Å². The molecule has 2 aliphatic heterocycles. The fourth-order valence-corrected chi connectivity index (χ4v) is 3.47. The van der Waals surface area contributed by atoms with Crippen molar-refractivity contribution >= 4 is 17.6 Å². The molecule has 140 valence electrons. The highest BCUT2D eigenvalue weighted by Gasteiger charge is 2.48. The average Bonchev–Trinajstić information content (AvgIpc) is 3.23. The molecule has 27 heavy (non-hydrogen) atoms. The molecule has 7 heteroatoms. The zero-order chi connectivity index (χ0) is 18.9. The topological polar surface area (TPSA) is 73.9 Å². The summed E-state index contributed by atoms with van der Waals surface area (Å²) >= 11 is 0. The second kappa shape index (κ2) is 6.92. The molecule has 1 atom stereocenters. The molecular weight excluding hydrogens is 344 g/mol. The van der Waals surface area contributed by atoms with E-state index in [1.54, 1.807) is 4.90 Å². The molecule has 2 aromatic carbocycles. The molecule has 7 nitrogen and oxygen atoms in total. The largest absolute Gasteiger partial charge is 0.484 e. The van der Waals surface area contributed by atoms with Crippen molar-refractivity contribution in [1.82, 2.24) is 15.6 Å². The lowest BCUT2D eigenvalue weighted by Crippen LogP contribution is -2.54. The number of nitrogens with zero attached hydrogens (tertiary/aromatic N) is 2. The normalized spacial score (nSPS) is 21.6. The highest BCUT2D eigenvalue weighted by atomic mass is 16.5. The average molecular weight is 366 g/mol. The van der Waals surface area contributed by atoms with E-state index in [4.69, 9.17) is 4.74 Å². The molecule has 2 heterocycles. The number of hydrazine groups is 1. The maximum Gasteiger partial charge on any atom is 0.338 e. The van der Waals surface area contributed by atoms with Crippen molar-refractivity contribution in [2.24, 2.45) is 0 Å². The Morgan fingerprint density at radius 2 is 2.00 bits per heavy atom. The smallest absolute Gasteiger partial charge is 0.338 e. The first-order valence-corrected chi connectivity index (χ1v) is 8.97. The van der Waals surface area contributed by atoms with Gasteiger partial charge in [0.2, 0.25) is 0 Å². The third kappa shape index (κ3) is 3.59. The van der Waals surface area contributed by atoms with Crippen molar-refractivity contribution in [2.75, 3.05) is 24.7 Å². The Morgan fingerprint density at radius 3 is 2.78 bits per heavy atom. The Hall–Kier alpha value is -3.06. The Balaban J connectivity index is 1.37. The fraction of sp³-hybridized carbons (Fsp3) is 0.300. The molecule has 0 bridgehead atoms. The van der Waals surface area contributed by atoms with Gasteiger partial charge in [0.25, 0.3) is 5.91 Å². The van der Waals surface area contributed by atoms with Gasteiger partial charge < -0.3 is 15.0 Å². The molecule has 0 radical (unpaired) electrons. The van der Waals surface area contributed by atoms with Crippen LogP contribution >= 0.6 is 0 Å². The predicted octanol–water partition coefficient (Wildman–Crippen LogP) is 2.04. The number of carbonyl (C=O) groups excluding carboxylic acids is 2. The van der Waals surface area contributed by atoms with Crippen LogP contribution in [0.4, 0.5) is 10.5 Å². The van der Waals surface area contributed by atoms with E-state index in [-0.39, 0.29) is 18.5 Å². The minimum absolute atomic E-state index is 0.0180. The van der Waals surface area contributed by atoms with Crippen LogP contribution in [0, 0.1) is 6.92 Å². The first kappa shape index (κ1) is 17.4. The lowest BCUT2D eigenvalue weighted by atomic mass is 10.1. The maximum absolute atomic E-state index is 12.5. The van der Waals surface area contributed by atoms with Crippen molar-refractivity contribution in [3.05, 3.63) is 60.2 Å². The first-order chi connectivity index (χ1) is 13.0. The molecule has 2 saturated heterocycles. The minimum Gasteiger partial charge on any atom is -0.484 e. The van der Waals surface area contributed by atoms with Gasteiger partial charge >= 0.3 is 6.03 Å². The summed E-state index contributed by atoms with van der Waals surface area (Å²) in [7, 11) is 0. The number of para-hydroxylation sites is 1. The summed E-state index contributed by atoms with van der Waals surface area (Å²) in [4.78, 5) is 26.6. The minimum atomic E-state index is -0.633. The van der Waals surface area contributed by atoms with Crippen molar-refractivity contribution in [2.45, 2.75) is 19.0 Å². The van der Waals surface area contributed by atoms with Gasteiger partial charge in [-0.3, -0.25) is 4.79 Å². The van der Waals surface area contributed by atoms with E-state index in [0.29, 0.717) is 25.3 Å². The molecule has 2 aromatic rings. The van der Waals surface area contributed by atoms with E-state index in [1.807, 2.05) is 61.5 Å². The second-order valence-electron chi connectivity index (χ2n) is 6.97. The number of hydrogen-bond acceptors (Lipinski definition) is 4. The first-order valence-electron chi connectivity index (χ1n) is 8.97. The van der Waals surface area contributed by atoms with Crippen LogP contribution in [0.3, 0.4) is 0 Å². The quantitative estimate of drug-likeness (QED) is 0.868. The summed E-state index contributed by atoms with van der Waals surface area (Å²) in [5.41, 5.74) is 4.45. The third-order valence-electron chi connectivity index (χ3n) is 4.86. The number of benzene rings is 2. The maximum atomic E-state index is 12.5. The summed E-state index contributed by atoms with van der Waals surface area (Å²) in [5, 5.41) is 4.48. The van der Waals surface area contributed by atoms with Crippen molar-refractivity contribution in [1.29, 1.82) is 0 Å². The number of amides is 3. The van der Waals surface area contributed by atoms with Crippen molar-refractivity contribution in [3.8, 4) is 5.75 Å². The summed E-state index contributed by atoms with van der Waals surface area (Å²) in [5.74, 6) is 0.586. The lowest BCUT2D eigenvalue weighted by molar-refractivity contribution is -0.132. The van der Waals surface area contributed by atoms with Crippen LogP contribution in [0.25, 0.3) is 0 Å². The van der Waals surface area contributed by atoms with Crippen molar-refractivity contribution < 1.29 is 14.3 Å². The summed E-state index contributed by atoms with van der Waals surface area (Å²) < 4.78 is 5.61. The Kier molecular flexibility index (Phi) is 4.45. The van der Waals surface area contributed by atoms with E-state index in [0.717, 1.165) is 11.3 Å². The molecule has 0 saturated carbocycles. The van der Waals surface area contributed by atoms with Crippen LogP contribution in [0.15, 0.2) is 54.6 Å². The molecule has 2 fully saturated rings. The summed E-state index contributed by atoms with van der Waals surface area (Å²) in [6.45, 7) is 2.92. The van der Waals surface area contributed by atoms with Crippen LogP contribution in [0.2, 0.25) is 0 Å². The summed E-state index contributed by atoms with van der Waals surface area (Å²) in [6.07, 6.45) is 0.637. The van der Waals surface area contributed by atoms with E-state index in [9.17, 15) is 9.59 Å². The molecule has 1 spiro atoms. The van der Waals surface area contributed by atoms with Gasteiger partial charge in [-0.15, -0.1) is 0 Å². The molecule has 4 rings (SSSR count). The molecule has 3 amide bonds. The number of hydrogen-bond donors (Lipinski definition) is 2. The van der Waals surface area contributed by atoms with Gasteiger partial charge in [0.05, 0.1) is 12.2 Å². The second-order valence-corrected chi connectivity index (χ2v) is 6.97. The predicted molar refractivity (Wildman–Crippen MR) is 101 cm³/mol. The van der Waals surface area contributed by atoms with Crippen LogP contribution in [-0.4, -0.2) is 42.2 Å². The number of likely N-dealkylation sites (tertiary alicyclic amines) is 1. The monoisotopic (exact) mass is 366 g/mol. The number of carbonyl (C=O) groups is 2. The van der Waals surface area contributed by atoms with Crippen molar-refractivity contribution in [3.63, 3.8) is 0 Å². The summed E-state index contributed by atoms with van der Waals surface area (Å²) in [6, 6.07) is 16.8. The number of nitrogens with one attached hydrogen (secondary N) is 2. The molecule has 2 N–H and O–H groups in total. The molecular formula is C20H22N4O3. The molecule has 0 unspecified atom stereocenters. The highest BCUT2D eigenvalue weighted by molar-refractivity contribution is 5.94.